The molecule has 4 heteroatoms. The van der Waals surface area contributed by atoms with Crippen molar-refractivity contribution in [3.05, 3.63) is 0 Å². The molecule has 0 radical (unpaired) electrons. The molecule has 0 heterocycles. The first kappa shape index (κ1) is 24.4. The summed E-state index contributed by atoms with van der Waals surface area (Å²) >= 11 is 0. The molecule has 0 aliphatic heterocycles. The Hall–Kier alpha value is -0.610. The van der Waals surface area contributed by atoms with Gasteiger partial charge in [0.05, 0.1) is 17.6 Å². The van der Waals surface area contributed by atoms with E-state index in [0.717, 1.165) is 19.3 Å². The molecule has 0 aromatic heterocycles. The summed E-state index contributed by atoms with van der Waals surface area (Å²) in [6.45, 7) is 5.49. The minimum absolute atomic E-state index is 0.213. The van der Waals surface area contributed by atoms with Crippen LogP contribution in [0, 0.1) is 5.41 Å². The maximum absolute atomic E-state index is 11.8. The van der Waals surface area contributed by atoms with Crippen molar-refractivity contribution < 1.29 is 20.1 Å². The van der Waals surface area contributed by atoms with Gasteiger partial charge >= 0.3 is 5.97 Å². The van der Waals surface area contributed by atoms with Crippen LogP contribution in [-0.2, 0) is 4.79 Å². The van der Waals surface area contributed by atoms with Crippen LogP contribution in [0.1, 0.15) is 111 Å². The Morgan fingerprint density at radius 3 is 1.44 bits per heavy atom. The van der Waals surface area contributed by atoms with Crippen molar-refractivity contribution in [2.24, 2.45) is 5.41 Å². The highest BCUT2D eigenvalue weighted by Crippen LogP contribution is 2.36. The summed E-state index contributed by atoms with van der Waals surface area (Å²) < 4.78 is 0. The van der Waals surface area contributed by atoms with Gasteiger partial charge in [-0.1, -0.05) is 77.6 Å². The van der Waals surface area contributed by atoms with E-state index in [0.29, 0.717) is 6.42 Å². The van der Waals surface area contributed by atoms with E-state index in [4.69, 9.17) is 0 Å². The quantitative estimate of drug-likeness (QED) is 0.308. The molecule has 0 aliphatic carbocycles. The molecule has 0 rings (SSSR count). The average molecular weight is 359 g/mol. The molecule has 2 atom stereocenters. The second-order valence-electron chi connectivity index (χ2n) is 7.98. The van der Waals surface area contributed by atoms with Crippen molar-refractivity contribution >= 4 is 5.97 Å². The molecule has 2 unspecified atom stereocenters. The standard InChI is InChI=1S/C21H42O4/c1-4-5-6-7-8-9-10-11-12-13-14-15-21(20(24)25,16-18(2)22)17-19(3)23/h18-19,22-23H,4-17H2,1-3H3,(H,24,25). The zero-order valence-corrected chi connectivity index (χ0v) is 16.8. The van der Waals surface area contributed by atoms with E-state index >= 15 is 0 Å². The third-order valence-electron chi connectivity index (χ3n) is 5.08. The van der Waals surface area contributed by atoms with E-state index in [1.165, 1.54) is 51.4 Å². The first-order chi connectivity index (χ1) is 11.8. The van der Waals surface area contributed by atoms with Gasteiger partial charge in [0.1, 0.15) is 0 Å². The number of unbranched alkanes of at least 4 members (excludes halogenated alkanes) is 10. The molecule has 0 aromatic rings. The molecule has 0 saturated heterocycles. The van der Waals surface area contributed by atoms with Gasteiger partial charge in [0.15, 0.2) is 0 Å². The molecule has 0 spiro atoms. The molecular formula is C21H42O4. The van der Waals surface area contributed by atoms with Crippen LogP contribution in [0.2, 0.25) is 0 Å². The summed E-state index contributed by atoms with van der Waals surface area (Å²) in [4.78, 5) is 11.8. The predicted molar refractivity (Wildman–Crippen MR) is 104 cm³/mol. The fourth-order valence-electron chi connectivity index (χ4n) is 3.83. The summed E-state index contributed by atoms with van der Waals surface area (Å²) in [5, 5.41) is 29.0. The molecule has 0 amide bonds. The zero-order valence-electron chi connectivity index (χ0n) is 16.8. The van der Waals surface area contributed by atoms with E-state index in [-0.39, 0.29) is 12.8 Å². The Labute approximate surface area is 155 Å². The van der Waals surface area contributed by atoms with Crippen LogP contribution in [0.15, 0.2) is 0 Å². The monoisotopic (exact) mass is 358 g/mol. The number of aliphatic carboxylic acids is 1. The minimum atomic E-state index is -0.998. The van der Waals surface area contributed by atoms with Crippen molar-refractivity contribution in [1.82, 2.24) is 0 Å². The number of hydrogen-bond donors (Lipinski definition) is 3. The van der Waals surface area contributed by atoms with E-state index in [2.05, 4.69) is 6.92 Å². The van der Waals surface area contributed by atoms with Crippen LogP contribution < -0.4 is 0 Å². The number of aliphatic hydroxyl groups excluding tert-OH is 2. The molecule has 4 nitrogen and oxygen atoms in total. The molecular weight excluding hydrogens is 316 g/mol. The lowest BCUT2D eigenvalue weighted by Gasteiger charge is -2.32. The van der Waals surface area contributed by atoms with Gasteiger partial charge in [0, 0.05) is 0 Å². The molecule has 3 N–H and O–H groups in total. The lowest BCUT2D eigenvalue weighted by molar-refractivity contribution is -0.154. The Morgan fingerprint density at radius 2 is 1.12 bits per heavy atom. The third-order valence-corrected chi connectivity index (χ3v) is 5.08. The topological polar surface area (TPSA) is 77.8 Å². The molecule has 25 heavy (non-hydrogen) atoms. The van der Waals surface area contributed by atoms with Crippen molar-refractivity contribution in [2.75, 3.05) is 0 Å². The maximum Gasteiger partial charge on any atom is 0.309 e. The molecule has 0 fully saturated rings. The van der Waals surface area contributed by atoms with Gasteiger partial charge in [-0.25, -0.2) is 0 Å². The smallest absolute Gasteiger partial charge is 0.309 e. The van der Waals surface area contributed by atoms with E-state index in [1.807, 2.05) is 0 Å². The fourth-order valence-corrected chi connectivity index (χ4v) is 3.83. The summed E-state index contributed by atoms with van der Waals surface area (Å²) in [7, 11) is 0. The van der Waals surface area contributed by atoms with Crippen molar-refractivity contribution in [1.29, 1.82) is 0 Å². The molecule has 0 bridgehead atoms. The Bertz CT molecular complexity index is 316. The van der Waals surface area contributed by atoms with Crippen LogP contribution in [0.4, 0.5) is 0 Å². The van der Waals surface area contributed by atoms with Gasteiger partial charge in [-0.15, -0.1) is 0 Å². The number of rotatable bonds is 17. The normalized spacial score (nSPS) is 16.4. The van der Waals surface area contributed by atoms with Crippen molar-refractivity contribution in [3.63, 3.8) is 0 Å². The van der Waals surface area contributed by atoms with Crippen LogP contribution >= 0.6 is 0 Å². The second kappa shape index (κ2) is 14.5. The highest BCUT2D eigenvalue weighted by molar-refractivity contribution is 5.74. The van der Waals surface area contributed by atoms with Gasteiger partial charge in [0.25, 0.3) is 0 Å². The van der Waals surface area contributed by atoms with Crippen LogP contribution in [0.3, 0.4) is 0 Å². The zero-order chi connectivity index (χ0) is 19.1. The van der Waals surface area contributed by atoms with Gasteiger partial charge in [-0.05, 0) is 33.1 Å². The minimum Gasteiger partial charge on any atom is -0.481 e. The summed E-state index contributed by atoms with van der Waals surface area (Å²) in [6, 6.07) is 0. The second-order valence-corrected chi connectivity index (χ2v) is 7.98. The fraction of sp³-hybridized carbons (Fsp3) is 0.952. The number of hydrogen-bond acceptors (Lipinski definition) is 3. The van der Waals surface area contributed by atoms with Crippen LogP contribution in [0.25, 0.3) is 0 Å². The molecule has 0 saturated carbocycles. The summed E-state index contributed by atoms with van der Waals surface area (Å²) in [5.41, 5.74) is -0.998. The predicted octanol–water partition coefficient (Wildman–Crippen LogP) is 5.30. The average Bonchev–Trinajstić information content (AvgIpc) is 2.51. The molecule has 0 aromatic carbocycles. The highest BCUT2D eigenvalue weighted by Gasteiger charge is 2.39. The first-order valence-corrected chi connectivity index (χ1v) is 10.4. The third kappa shape index (κ3) is 12.4. The lowest BCUT2D eigenvalue weighted by atomic mass is 9.74. The Balaban J connectivity index is 4.00. The number of aliphatic hydroxyl groups is 2. The van der Waals surface area contributed by atoms with E-state index in [1.54, 1.807) is 13.8 Å². The first-order valence-electron chi connectivity index (χ1n) is 10.4. The van der Waals surface area contributed by atoms with Crippen LogP contribution in [0.5, 0.6) is 0 Å². The number of carboxylic acids is 1. The van der Waals surface area contributed by atoms with Crippen LogP contribution in [-0.4, -0.2) is 33.5 Å². The lowest BCUT2D eigenvalue weighted by Crippen LogP contribution is -2.37. The maximum atomic E-state index is 11.8. The van der Waals surface area contributed by atoms with Crippen molar-refractivity contribution in [2.45, 2.75) is 123 Å². The van der Waals surface area contributed by atoms with E-state index in [9.17, 15) is 20.1 Å². The summed E-state index contributed by atoms with van der Waals surface area (Å²) in [6.07, 6.45) is 13.2. The van der Waals surface area contributed by atoms with Gasteiger partial charge < -0.3 is 15.3 Å². The van der Waals surface area contributed by atoms with Crippen molar-refractivity contribution in [3.8, 4) is 0 Å². The molecule has 0 aliphatic rings. The van der Waals surface area contributed by atoms with Gasteiger partial charge in [-0.3, -0.25) is 4.79 Å². The SMILES string of the molecule is CCCCCCCCCCCCCC(CC(C)O)(CC(C)O)C(=O)O. The largest absolute Gasteiger partial charge is 0.481 e. The number of carboxylic acid groups (broad SMARTS) is 1. The van der Waals surface area contributed by atoms with E-state index < -0.39 is 23.6 Å². The van der Waals surface area contributed by atoms with Gasteiger partial charge in [0.2, 0.25) is 0 Å². The molecule has 150 valence electrons. The summed E-state index contributed by atoms with van der Waals surface area (Å²) in [5.74, 6) is -0.888. The van der Waals surface area contributed by atoms with Gasteiger partial charge in [-0.2, -0.15) is 0 Å². The number of carbonyl (C=O) groups is 1. The Morgan fingerprint density at radius 1 is 0.760 bits per heavy atom. The Kier molecular flexibility index (Phi) is 14.2. The highest BCUT2D eigenvalue weighted by atomic mass is 16.4.